The molecule has 0 saturated carbocycles. The molecule has 0 aliphatic heterocycles. The standard InChI is InChI=1S/C14H10ClN5OS/c1-7-3-10(18-20-5-8(2)16-13(7)20)9-4-12(21)19-6-11(15)22-14(19)17-9/h3-6H,1-2H3. The third kappa shape index (κ3) is 2.01. The minimum Gasteiger partial charge on any atom is -0.269 e. The number of halogens is 1. The first-order chi connectivity index (χ1) is 10.5. The lowest BCUT2D eigenvalue weighted by molar-refractivity contribution is 0.926. The second kappa shape index (κ2) is 4.62. The monoisotopic (exact) mass is 331 g/mol. The first kappa shape index (κ1) is 13.4. The van der Waals surface area contributed by atoms with Crippen LogP contribution in [0.5, 0.6) is 0 Å². The van der Waals surface area contributed by atoms with Crippen molar-refractivity contribution < 1.29 is 0 Å². The fraction of sp³-hybridized carbons (Fsp3) is 0.143. The van der Waals surface area contributed by atoms with Crippen molar-refractivity contribution in [2.45, 2.75) is 13.8 Å². The fourth-order valence-corrected chi connectivity index (χ4v) is 3.40. The Labute approximate surface area is 133 Å². The van der Waals surface area contributed by atoms with Crippen molar-refractivity contribution in [1.29, 1.82) is 0 Å². The second-order valence-corrected chi connectivity index (χ2v) is 6.67. The zero-order valence-corrected chi connectivity index (χ0v) is 13.3. The van der Waals surface area contributed by atoms with Crippen LogP contribution in [0.25, 0.3) is 22.0 Å². The molecule has 110 valence electrons. The molecular weight excluding hydrogens is 322 g/mol. The van der Waals surface area contributed by atoms with Gasteiger partial charge < -0.3 is 0 Å². The third-order valence-electron chi connectivity index (χ3n) is 3.33. The van der Waals surface area contributed by atoms with E-state index < -0.39 is 0 Å². The number of nitrogens with zero attached hydrogens (tertiary/aromatic N) is 5. The van der Waals surface area contributed by atoms with Crippen LogP contribution in [0.1, 0.15) is 11.3 Å². The van der Waals surface area contributed by atoms with Crippen LogP contribution in [0.3, 0.4) is 0 Å². The van der Waals surface area contributed by atoms with Gasteiger partial charge in [0, 0.05) is 12.3 Å². The van der Waals surface area contributed by atoms with E-state index in [4.69, 9.17) is 11.6 Å². The van der Waals surface area contributed by atoms with Gasteiger partial charge in [-0.3, -0.25) is 9.20 Å². The number of aromatic nitrogens is 5. The first-order valence-electron chi connectivity index (χ1n) is 6.54. The summed E-state index contributed by atoms with van der Waals surface area (Å²) < 4.78 is 3.67. The fourth-order valence-electron chi connectivity index (χ4n) is 2.38. The minimum atomic E-state index is -0.176. The van der Waals surface area contributed by atoms with Gasteiger partial charge in [0.25, 0.3) is 5.56 Å². The molecule has 4 heterocycles. The number of imidazole rings is 1. The number of aryl methyl sites for hydroxylation is 2. The van der Waals surface area contributed by atoms with Crippen molar-refractivity contribution in [3.8, 4) is 11.4 Å². The summed E-state index contributed by atoms with van der Waals surface area (Å²) >= 11 is 7.21. The van der Waals surface area contributed by atoms with Crippen molar-refractivity contribution in [3.63, 3.8) is 0 Å². The predicted molar refractivity (Wildman–Crippen MR) is 85.8 cm³/mol. The van der Waals surface area contributed by atoms with Crippen LogP contribution in [0.4, 0.5) is 0 Å². The average Bonchev–Trinajstić information content (AvgIpc) is 3.00. The molecule has 0 bridgehead atoms. The molecule has 0 radical (unpaired) electrons. The van der Waals surface area contributed by atoms with E-state index >= 15 is 0 Å². The van der Waals surface area contributed by atoms with Crippen LogP contribution in [0.15, 0.2) is 29.3 Å². The van der Waals surface area contributed by atoms with Crippen LogP contribution in [-0.2, 0) is 0 Å². The molecule has 0 amide bonds. The van der Waals surface area contributed by atoms with Gasteiger partial charge in [-0.05, 0) is 25.5 Å². The second-order valence-electron chi connectivity index (χ2n) is 5.03. The Morgan fingerprint density at radius 1 is 1.14 bits per heavy atom. The molecular formula is C14H10ClN5OS. The molecule has 22 heavy (non-hydrogen) atoms. The molecule has 0 atom stereocenters. The lowest BCUT2D eigenvalue weighted by Gasteiger charge is -2.03. The molecule has 8 heteroatoms. The number of rotatable bonds is 1. The Morgan fingerprint density at radius 2 is 1.95 bits per heavy atom. The summed E-state index contributed by atoms with van der Waals surface area (Å²) in [6, 6.07) is 3.35. The van der Waals surface area contributed by atoms with E-state index in [-0.39, 0.29) is 5.56 Å². The van der Waals surface area contributed by atoms with Gasteiger partial charge in [0.1, 0.15) is 10.0 Å². The maximum absolute atomic E-state index is 12.2. The van der Waals surface area contributed by atoms with Crippen molar-refractivity contribution in [1.82, 2.24) is 24.0 Å². The summed E-state index contributed by atoms with van der Waals surface area (Å²) in [6.45, 7) is 3.87. The van der Waals surface area contributed by atoms with E-state index in [0.29, 0.717) is 20.7 Å². The number of thiazole rings is 1. The maximum atomic E-state index is 12.2. The lowest BCUT2D eigenvalue weighted by atomic mass is 10.2. The summed E-state index contributed by atoms with van der Waals surface area (Å²) in [6.07, 6.45) is 3.42. The molecule has 0 saturated heterocycles. The normalized spacial score (nSPS) is 11.6. The molecule has 0 aromatic carbocycles. The molecule has 0 fully saturated rings. The number of hydrogen-bond donors (Lipinski definition) is 0. The Balaban J connectivity index is 1.99. The van der Waals surface area contributed by atoms with Gasteiger partial charge in [0.05, 0.1) is 17.6 Å². The molecule has 0 aliphatic carbocycles. The number of hydrogen-bond acceptors (Lipinski definition) is 5. The summed E-state index contributed by atoms with van der Waals surface area (Å²) in [5.41, 5.74) is 3.65. The largest absolute Gasteiger partial charge is 0.269 e. The Morgan fingerprint density at radius 3 is 2.77 bits per heavy atom. The van der Waals surface area contributed by atoms with E-state index in [1.54, 1.807) is 10.7 Å². The molecule has 0 spiro atoms. The molecule has 6 nitrogen and oxygen atoms in total. The van der Waals surface area contributed by atoms with E-state index in [1.807, 2.05) is 26.1 Å². The van der Waals surface area contributed by atoms with Crippen LogP contribution < -0.4 is 5.56 Å². The van der Waals surface area contributed by atoms with Crippen LogP contribution in [0.2, 0.25) is 4.34 Å². The van der Waals surface area contributed by atoms with Crippen molar-refractivity contribution in [3.05, 3.63) is 50.5 Å². The van der Waals surface area contributed by atoms with Crippen LogP contribution >= 0.6 is 22.9 Å². The summed E-state index contributed by atoms with van der Waals surface area (Å²) in [5, 5.41) is 4.50. The molecule has 0 unspecified atom stereocenters. The van der Waals surface area contributed by atoms with Crippen LogP contribution in [-0.4, -0.2) is 24.0 Å². The van der Waals surface area contributed by atoms with E-state index in [1.165, 1.54) is 21.8 Å². The highest BCUT2D eigenvalue weighted by Gasteiger charge is 2.12. The average molecular weight is 332 g/mol. The zero-order chi connectivity index (χ0) is 15.4. The van der Waals surface area contributed by atoms with Crippen molar-refractivity contribution >= 4 is 33.5 Å². The minimum absolute atomic E-state index is 0.176. The smallest absolute Gasteiger partial charge is 0.259 e. The maximum Gasteiger partial charge on any atom is 0.259 e. The van der Waals surface area contributed by atoms with Gasteiger partial charge >= 0.3 is 0 Å². The van der Waals surface area contributed by atoms with Crippen molar-refractivity contribution in [2.75, 3.05) is 0 Å². The van der Waals surface area contributed by atoms with Gasteiger partial charge in [-0.2, -0.15) is 5.10 Å². The summed E-state index contributed by atoms with van der Waals surface area (Å²) in [5.74, 6) is 0. The summed E-state index contributed by atoms with van der Waals surface area (Å²) in [4.78, 5) is 21.6. The zero-order valence-electron chi connectivity index (χ0n) is 11.7. The van der Waals surface area contributed by atoms with Gasteiger partial charge in [-0.25, -0.2) is 14.5 Å². The molecule has 4 aromatic rings. The van der Waals surface area contributed by atoms with Gasteiger partial charge in [-0.1, -0.05) is 22.9 Å². The van der Waals surface area contributed by atoms with Crippen molar-refractivity contribution in [2.24, 2.45) is 0 Å². The highest BCUT2D eigenvalue weighted by molar-refractivity contribution is 7.20. The van der Waals surface area contributed by atoms with Gasteiger partial charge in [0.15, 0.2) is 10.6 Å². The van der Waals surface area contributed by atoms with Gasteiger partial charge in [-0.15, -0.1) is 0 Å². The third-order valence-corrected chi connectivity index (χ3v) is 4.43. The quantitative estimate of drug-likeness (QED) is 0.538. The van der Waals surface area contributed by atoms with Crippen LogP contribution in [0, 0.1) is 13.8 Å². The molecule has 4 aromatic heterocycles. The first-order valence-corrected chi connectivity index (χ1v) is 7.73. The SMILES string of the molecule is Cc1cn2nc(-c3cc(=O)n4cc(Cl)sc4n3)cc(C)c2n1. The molecule has 0 aliphatic rings. The lowest BCUT2D eigenvalue weighted by Crippen LogP contribution is -2.12. The Bertz CT molecular complexity index is 1090. The highest BCUT2D eigenvalue weighted by Crippen LogP contribution is 2.23. The Hall–Kier alpha value is -2.25. The molecule has 4 rings (SSSR count). The molecule has 0 N–H and O–H groups in total. The number of fused-ring (bicyclic) bond motifs is 2. The van der Waals surface area contributed by atoms with E-state index in [0.717, 1.165) is 16.9 Å². The van der Waals surface area contributed by atoms with E-state index in [9.17, 15) is 4.79 Å². The predicted octanol–water partition coefficient (Wildman–Crippen LogP) is 2.74. The highest BCUT2D eigenvalue weighted by atomic mass is 35.5. The topological polar surface area (TPSA) is 64.6 Å². The Kier molecular flexibility index (Phi) is 2.82. The van der Waals surface area contributed by atoms with E-state index in [2.05, 4.69) is 15.1 Å². The summed E-state index contributed by atoms with van der Waals surface area (Å²) in [7, 11) is 0. The van der Waals surface area contributed by atoms with Gasteiger partial charge in [0.2, 0.25) is 0 Å².